The van der Waals surface area contributed by atoms with Crippen LogP contribution in [-0.4, -0.2) is 87.2 Å². The normalized spacial score (nSPS) is 22.9. The van der Waals surface area contributed by atoms with Crippen LogP contribution in [0.4, 0.5) is 4.79 Å². The van der Waals surface area contributed by atoms with E-state index in [9.17, 15) is 9.59 Å². The van der Waals surface area contributed by atoms with Gasteiger partial charge in [0, 0.05) is 51.6 Å². The molecule has 2 aromatic rings. The fourth-order valence-electron chi connectivity index (χ4n) is 7.39. The van der Waals surface area contributed by atoms with Gasteiger partial charge in [0.25, 0.3) is 0 Å². The van der Waals surface area contributed by atoms with Crippen LogP contribution in [0.15, 0.2) is 30.3 Å². The Labute approximate surface area is 243 Å². The molecule has 0 bridgehead atoms. The third kappa shape index (κ3) is 5.89. The highest BCUT2D eigenvalue weighted by Gasteiger charge is 2.39. The second kappa shape index (κ2) is 11.9. The molecule has 6 rings (SSSR count). The van der Waals surface area contributed by atoms with Crippen LogP contribution >= 0.6 is 0 Å². The summed E-state index contributed by atoms with van der Waals surface area (Å²) in [4.78, 5) is 32.0. The number of likely N-dealkylation sites (tertiary alicyclic amines) is 1. The minimum atomic E-state index is -0.202. The number of benzene rings is 2. The SMILES string of the molecule is COc1cc2c(cc1OC)CCN(C(=O)CCN(C)CC1Cc3cc(OC(=O)N4CC5CCCC5C4)ccc31)CC2. The lowest BCUT2D eigenvalue weighted by Gasteiger charge is -2.34. The number of amides is 2. The van der Waals surface area contributed by atoms with Gasteiger partial charge in [-0.05, 0) is 97.5 Å². The molecule has 0 N–H and O–H groups in total. The molecule has 220 valence electrons. The Morgan fingerprint density at radius 1 is 0.902 bits per heavy atom. The van der Waals surface area contributed by atoms with Gasteiger partial charge in [-0.2, -0.15) is 0 Å². The van der Waals surface area contributed by atoms with E-state index in [4.69, 9.17) is 14.2 Å². The number of methoxy groups -OCH3 is 2. The van der Waals surface area contributed by atoms with E-state index in [1.807, 2.05) is 21.9 Å². The predicted molar refractivity (Wildman–Crippen MR) is 157 cm³/mol. The molecule has 2 aliphatic carbocycles. The first-order valence-corrected chi connectivity index (χ1v) is 15.2. The third-order valence-electron chi connectivity index (χ3n) is 9.81. The summed E-state index contributed by atoms with van der Waals surface area (Å²) in [6, 6.07) is 10.2. The summed E-state index contributed by atoms with van der Waals surface area (Å²) in [6.45, 7) is 4.81. The number of nitrogens with zero attached hydrogens (tertiary/aromatic N) is 3. The van der Waals surface area contributed by atoms with Crippen LogP contribution in [-0.2, 0) is 24.1 Å². The van der Waals surface area contributed by atoms with Gasteiger partial charge in [0.05, 0.1) is 14.2 Å². The van der Waals surface area contributed by atoms with Crippen LogP contribution in [0.5, 0.6) is 17.2 Å². The van der Waals surface area contributed by atoms with E-state index >= 15 is 0 Å². The van der Waals surface area contributed by atoms with Gasteiger partial charge in [-0.1, -0.05) is 12.5 Å². The smallest absolute Gasteiger partial charge is 0.415 e. The minimum absolute atomic E-state index is 0.202. The lowest BCUT2D eigenvalue weighted by molar-refractivity contribution is -0.131. The van der Waals surface area contributed by atoms with Gasteiger partial charge in [-0.3, -0.25) is 4.79 Å². The Morgan fingerprint density at radius 3 is 2.17 bits per heavy atom. The Kier molecular flexibility index (Phi) is 8.11. The van der Waals surface area contributed by atoms with E-state index in [0.29, 0.717) is 29.9 Å². The molecule has 0 spiro atoms. The Hall–Kier alpha value is -3.26. The van der Waals surface area contributed by atoms with Crippen LogP contribution in [0.2, 0.25) is 0 Å². The second-order valence-corrected chi connectivity index (χ2v) is 12.4. The molecule has 4 aliphatic rings. The average molecular weight is 562 g/mol. The predicted octanol–water partition coefficient (Wildman–Crippen LogP) is 4.52. The molecule has 2 fully saturated rings. The van der Waals surface area contributed by atoms with Crippen molar-refractivity contribution in [2.75, 3.05) is 60.5 Å². The van der Waals surface area contributed by atoms with Gasteiger partial charge in [-0.15, -0.1) is 0 Å². The average Bonchev–Trinajstić information content (AvgIpc) is 3.51. The van der Waals surface area contributed by atoms with Crippen molar-refractivity contribution >= 4 is 12.0 Å². The first-order valence-electron chi connectivity index (χ1n) is 15.2. The van der Waals surface area contributed by atoms with Crippen molar-refractivity contribution < 1.29 is 23.8 Å². The largest absolute Gasteiger partial charge is 0.493 e. The summed E-state index contributed by atoms with van der Waals surface area (Å²) < 4.78 is 16.7. The van der Waals surface area contributed by atoms with Gasteiger partial charge in [-0.25, -0.2) is 4.79 Å². The Balaban J connectivity index is 0.949. The maximum absolute atomic E-state index is 13.1. The van der Waals surface area contributed by atoms with E-state index in [0.717, 1.165) is 70.0 Å². The molecule has 8 nitrogen and oxygen atoms in total. The topological polar surface area (TPSA) is 71.5 Å². The molecule has 8 heteroatoms. The number of likely N-dealkylation sites (N-methyl/N-ethyl adjacent to an activating group) is 1. The molecule has 3 unspecified atom stereocenters. The van der Waals surface area contributed by atoms with Crippen LogP contribution in [0.1, 0.15) is 53.9 Å². The molecule has 0 radical (unpaired) electrons. The van der Waals surface area contributed by atoms with Gasteiger partial charge >= 0.3 is 6.09 Å². The summed E-state index contributed by atoms with van der Waals surface area (Å²) in [5, 5.41) is 0. The molecule has 0 aromatic heterocycles. The summed E-state index contributed by atoms with van der Waals surface area (Å²) >= 11 is 0. The van der Waals surface area contributed by atoms with Crippen LogP contribution in [0.3, 0.4) is 0 Å². The van der Waals surface area contributed by atoms with E-state index in [-0.39, 0.29) is 12.0 Å². The number of hydrogen-bond donors (Lipinski definition) is 0. The number of carbonyl (C=O) groups excluding carboxylic acids is 2. The monoisotopic (exact) mass is 561 g/mol. The standard InChI is InChI=1S/C33H43N3O5/c1-34(12-11-32(37)35-13-9-22-17-30(39-2)31(40-3)18-23(22)10-14-35)19-27-15-26-16-28(7-8-29(26)27)41-33(38)36-20-24-5-4-6-25(24)21-36/h7-8,16-18,24-25,27H,4-6,9-15,19-21H2,1-3H3. The van der Waals surface area contributed by atoms with Gasteiger partial charge in [0.1, 0.15) is 5.75 Å². The van der Waals surface area contributed by atoms with Crippen molar-refractivity contribution in [2.24, 2.45) is 11.8 Å². The zero-order valence-electron chi connectivity index (χ0n) is 24.7. The van der Waals surface area contributed by atoms with Crippen molar-refractivity contribution in [1.82, 2.24) is 14.7 Å². The summed E-state index contributed by atoms with van der Waals surface area (Å²) in [7, 11) is 5.41. The maximum atomic E-state index is 13.1. The second-order valence-electron chi connectivity index (χ2n) is 12.4. The zero-order valence-corrected chi connectivity index (χ0v) is 24.7. The number of ether oxygens (including phenoxy) is 3. The quantitative estimate of drug-likeness (QED) is 0.472. The molecule has 41 heavy (non-hydrogen) atoms. The molecular weight excluding hydrogens is 518 g/mol. The number of fused-ring (bicyclic) bond motifs is 3. The van der Waals surface area contributed by atoms with Crippen LogP contribution < -0.4 is 14.2 Å². The van der Waals surface area contributed by atoms with Gasteiger partial charge < -0.3 is 28.9 Å². The van der Waals surface area contributed by atoms with Crippen molar-refractivity contribution in [2.45, 2.75) is 50.9 Å². The lowest BCUT2D eigenvalue weighted by atomic mass is 9.77. The molecule has 2 aromatic carbocycles. The Bertz CT molecular complexity index is 1250. The lowest BCUT2D eigenvalue weighted by Crippen LogP contribution is -2.37. The third-order valence-corrected chi connectivity index (χ3v) is 9.81. The maximum Gasteiger partial charge on any atom is 0.415 e. The summed E-state index contributed by atoms with van der Waals surface area (Å²) in [5.74, 6) is 4.14. The number of hydrogen-bond acceptors (Lipinski definition) is 6. The van der Waals surface area contributed by atoms with Crippen molar-refractivity contribution in [3.63, 3.8) is 0 Å². The van der Waals surface area contributed by atoms with Gasteiger partial charge in [0.15, 0.2) is 11.5 Å². The zero-order chi connectivity index (χ0) is 28.5. The highest BCUT2D eigenvalue weighted by molar-refractivity contribution is 5.76. The van der Waals surface area contributed by atoms with Crippen LogP contribution in [0.25, 0.3) is 0 Å². The molecule has 2 heterocycles. The Morgan fingerprint density at radius 2 is 1.56 bits per heavy atom. The van der Waals surface area contributed by atoms with Crippen molar-refractivity contribution in [1.29, 1.82) is 0 Å². The molecular formula is C33H43N3O5. The van der Waals surface area contributed by atoms with Gasteiger partial charge in [0.2, 0.25) is 5.91 Å². The summed E-state index contributed by atoms with van der Waals surface area (Å²) in [5.41, 5.74) is 5.06. The van der Waals surface area contributed by atoms with E-state index in [2.05, 4.69) is 30.1 Å². The fraction of sp³-hybridized carbons (Fsp3) is 0.576. The first-order chi connectivity index (χ1) is 19.9. The highest BCUT2D eigenvalue weighted by Crippen LogP contribution is 2.40. The molecule has 2 amide bonds. The van der Waals surface area contributed by atoms with Crippen molar-refractivity contribution in [3.8, 4) is 17.2 Å². The van der Waals surface area contributed by atoms with Crippen LogP contribution in [0, 0.1) is 11.8 Å². The molecule has 1 saturated heterocycles. The highest BCUT2D eigenvalue weighted by atomic mass is 16.6. The van der Waals surface area contributed by atoms with E-state index in [1.54, 1.807) is 14.2 Å². The first kappa shape index (κ1) is 27.9. The van der Waals surface area contributed by atoms with E-state index in [1.165, 1.54) is 41.5 Å². The molecule has 3 atom stereocenters. The number of rotatable bonds is 8. The number of carbonyl (C=O) groups is 2. The minimum Gasteiger partial charge on any atom is -0.493 e. The fourth-order valence-corrected chi connectivity index (χ4v) is 7.39. The molecule has 1 saturated carbocycles. The molecule has 2 aliphatic heterocycles. The summed E-state index contributed by atoms with van der Waals surface area (Å²) in [6.07, 6.45) is 6.74. The van der Waals surface area contributed by atoms with Crippen molar-refractivity contribution in [3.05, 3.63) is 52.6 Å². The van der Waals surface area contributed by atoms with E-state index < -0.39 is 0 Å².